The summed E-state index contributed by atoms with van der Waals surface area (Å²) in [6.07, 6.45) is 5.41. The molecular weight excluding hydrogens is 436 g/mol. The highest BCUT2D eigenvalue weighted by Crippen LogP contribution is 2.38. The second-order valence-corrected chi connectivity index (χ2v) is 10.6. The minimum atomic E-state index is -0.422. The van der Waals surface area contributed by atoms with Crippen molar-refractivity contribution >= 4 is 11.8 Å². The van der Waals surface area contributed by atoms with Crippen LogP contribution in [0.1, 0.15) is 68.5 Å². The minimum Gasteiger partial charge on any atom is -0.334 e. The van der Waals surface area contributed by atoms with E-state index in [0.29, 0.717) is 13.0 Å². The van der Waals surface area contributed by atoms with E-state index < -0.39 is 6.04 Å². The number of nitrogens with two attached hydrogens (primary N) is 1. The van der Waals surface area contributed by atoms with E-state index >= 15 is 0 Å². The molecule has 0 aromatic heterocycles. The molecule has 35 heavy (non-hydrogen) atoms. The normalized spacial score (nSPS) is 29.8. The van der Waals surface area contributed by atoms with E-state index in [1.807, 2.05) is 53.1 Å². The van der Waals surface area contributed by atoms with Gasteiger partial charge in [-0.1, -0.05) is 60.7 Å². The van der Waals surface area contributed by atoms with Gasteiger partial charge in [-0.3, -0.25) is 9.59 Å². The summed E-state index contributed by atoms with van der Waals surface area (Å²) in [6.45, 7) is 3.33. The Morgan fingerprint density at radius 3 is 2.26 bits per heavy atom. The number of hydrogen-bond donors (Lipinski definition) is 2. The third-order valence-corrected chi connectivity index (χ3v) is 8.22. The number of carbonyl (C=O) groups is 2. The van der Waals surface area contributed by atoms with Crippen molar-refractivity contribution < 1.29 is 9.59 Å². The molecular formula is C29H38N4O2. The lowest BCUT2D eigenvalue weighted by Gasteiger charge is -2.37. The molecule has 0 spiro atoms. The number of hydrogen-bond acceptors (Lipinski definition) is 4. The number of likely N-dealkylation sites (tertiary alicyclic amines) is 2. The number of piperidine rings is 1. The number of benzene rings is 2. The zero-order valence-corrected chi connectivity index (χ0v) is 20.7. The second-order valence-electron chi connectivity index (χ2n) is 10.6. The van der Waals surface area contributed by atoms with E-state index in [9.17, 15) is 9.59 Å². The van der Waals surface area contributed by atoms with Crippen LogP contribution in [0.15, 0.2) is 60.7 Å². The van der Waals surface area contributed by atoms with Gasteiger partial charge in [0.05, 0.1) is 12.1 Å². The van der Waals surface area contributed by atoms with Crippen LogP contribution >= 0.6 is 0 Å². The first-order chi connectivity index (χ1) is 17.0. The lowest BCUT2D eigenvalue weighted by atomic mass is 9.94. The van der Waals surface area contributed by atoms with E-state index in [1.165, 1.54) is 11.1 Å². The summed E-state index contributed by atoms with van der Waals surface area (Å²) in [5, 5.41) is 3.51. The second kappa shape index (κ2) is 10.5. The lowest BCUT2D eigenvalue weighted by Crippen LogP contribution is -2.58. The van der Waals surface area contributed by atoms with Crippen molar-refractivity contribution in [3.05, 3.63) is 71.8 Å². The van der Waals surface area contributed by atoms with E-state index in [-0.39, 0.29) is 41.9 Å². The highest BCUT2D eigenvalue weighted by atomic mass is 16.2. The maximum Gasteiger partial charge on any atom is 0.245 e. The SMILES string of the molecule is CC(N)C1CCCC(C(=O)N2C[C@@H](c3ccccc3)C[C@H]2C(=O)N2CCCC2c2ccccc2)N1. The molecule has 3 aliphatic rings. The minimum absolute atomic E-state index is 0.00472. The molecule has 6 atom stereocenters. The Bertz CT molecular complexity index is 1010. The first-order valence-electron chi connectivity index (χ1n) is 13.3. The maximum absolute atomic E-state index is 14.1. The molecule has 3 aliphatic heterocycles. The molecule has 3 saturated heterocycles. The fourth-order valence-electron chi connectivity index (χ4n) is 6.30. The molecule has 5 rings (SSSR count). The molecule has 2 aromatic rings. The van der Waals surface area contributed by atoms with Crippen LogP contribution in [-0.4, -0.2) is 58.9 Å². The predicted molar refractivity (Wildman–Crippen MR) is 138 cm³/mol. The van der Waals surface area contributed by atoms with E-state index in [0.717, 1.165) is 38.6 Å². The average molecular weight is 475 g/mol. The molecule has 0 aliphatic carbocycles. The van der Waals surface area contributed by atoms with Crippen LogP contribution < -0.4 is 11.1 Å². The highest BCUT2D eigenvalue weighted by Gasteiger charge is 2.46. The van der Waals surface area contributed by atoms with E-state index in [1.54, 1.807) is 0 Å². The summed E-state index contributed by atoms with van der Waals surface area (Å²) in [6, 6.07) is 20.2. The summed E-state index contributed by atoms with van der Waals surface area (Å²) in [4.78, 5) is 31.9. The molecule has 2 aromatic carbocycles. The molecule has 3 N–H and O–H groups in total. The third kappa shape index (κ3) is 5.00. The van der Waals surface area contributed by atoms with Crippen molar-refractivity contribution in [1.29, 1.82) is 0 Å². The zero-order chi connectivity index (χ0) is 24.4. The average Bonchev–Trinajstić information content (AvgIpc) is 3.57. The molecule has 3 fully saturated rings. The molecule has 0 bridgehead atoms. The Balaban J connectivity index is 1.40. The van der Waals surface area contributed by atoms with Gasteiger partial charge >= 0.3 is 0 Å². The molecule has 0 radical (unpaired) electrons. The summed E-state index contributed by atoms with van der Waals surface area (Å²) in [5.74, 6) is 0.324. The van der Waals surface area contributed by atoms with Gasteiger partial charge in [-0.25, -0.2) is 0 Å². The van der Waals surface area contributed by atoms with Gasteiger partial charge in [0.2, 0.25) is 11.8 Å². The summed E-state index contributed by atoms with van der Waals surface area (Å²) in [7, 11) is 0. The van der Waals surface area contributed by atoms with Crippen LogP contribution in [0.2, 0.25) is 0 Å². The van der Waals surface area contributed by atoms with Crippen molar-refractivity contribution in [2.45, 2.75) is 81.6 Å². The largest absolute Gasteiger partial charge is 0.334 e. The first-order valence-corrected chi connectivity index (χ1v) is 13.3. The zero-order valence-electron chi connectivity index (χ0n) is 20.7. The fraction of sp³-hybridized carbons (Fsp3) is 0.517. The van der Waals surface area contributed by atoms with Crippen LogP contribution in [-0.2, 0) is 9.59 Å². The van der Waals surface area contributed by atoms with Gasteiger partial charge in [0, 0.05) is 31.1 Å². The van der Waals surface area contributed by atoms with Crippen molar-refractivity contribution in [3.63, 3.8) is 0 Å². The van der Waals surface area contributed by atoms with Crippen molar-refractivity contribution in [1.82, 2.24) is 15.1 Å². The van der Waals surface area contributed by atoms with Crippen LogP contribution in [0, 0.1) is 0 Å². The lowest BCUT2D eigenvalue weighted by molar-refractivity contribution is -0.146. The maximum atomic E-state index is 14.1. The summed E-state index contributed by atoms with van der Waals surface area (Å²) < 4.78 is 0. The van der Waals surface area contributed by atoms with Crippen molar-refractivity contribution in [3.8, 4) is 0 Å². The monoisotopic (exact) mass is 474 g/mol. The predicted octanol–water partition coefficient (Wildman–Crippen LogP) is 3.59. The van der Waals surface area contributed by atoms with Gasteiger partial charge in [-0.05, 0) is 56.6 Å². The van der Waals surface area contributed by atoms with Crippen LogP contribution in [0.25, 0.3) is 0 Å². The Kier molecular flexibility index (Phi) is 7.21. The molecule has 3 heterocycles. The fourth-order valence-corrected chi connectivity index (χ4v) is 6.30. The molecule has 6 nitrogen and oxygen atoms in total. The molecule has 2 amide bonds. The molecule has 4 unspecified atom stereocenters. The smallest absolute Gasteiger partial charge is 0.245 e. The van der Waals surface area contributed by atoms with Gasteiger partial charge in [-0.2, -0.15) is 0 Å². The molecule has 0 saturated carbocycles. The van der Waals surface area contributed by atoms with Crippen LogP contribution in [0.4, 0.5) is 0 Å². The van der Waals surface area contributed by atoms with E-state index in [4.69, 9.17) is 5.73 Å². The highest BCUT2D eigenvalue weighted by molar-refractivity contribution is 5.91. The van der Waals surface area contributed by atoms with Gasteiger partial charge in [-0.15, -0.1) is 0 Å². The van der Waals surface area contributed by atoms with E-state index in [2.05, 4.69) is 29.6 Å². The topological polar surface area (TPSA) is 78.7 Å². The van der Waals surface area contributed by atoms with Crippen molar-refractivity contribution in [2.24, 2.45) is 5.73 Å². The number of nitrogens with zero attached hydrogens (tertiary/aromatic N) is 2. The number of rotatable bonds is 5. The van der Waals surface area contributed by atoms with Gasteiger partial charge in [0.15, 0.2) is 0 Å². The van der Waals surface area contributed by atoms with Gasteiger partial charge in [0.25, 0.3) is 0 Å². The van der Waals surface area contributed by atoms with Crippen LogP contribution in [0.5, 0.6) is 0 Å². The summed E-state index contributed by atoms with van der Waals surface area (Å²) in [5.41, 5.74) is 8.55. The Labute approximate surface area is 208 Å². The van der Waals surface area contributed by atoms with Crippen molar-refractivity contribution in [2.75, 3.05) is 13.1 Å². The van der Waals surface area contributed by atoms with Crippen LogP contribution in [0.3, 0.4) is 0 Å². The first kappa shape index (κ1) is 24.0. The standard InChI is InChI=1S/C29H38N4O2/c1-20(30)24-14-8-15-25(31-24)28(34)33-19-23(21-10-4-2-5-11-21)18-27(33)29(35)32-17-9-16-26(32)22-12-6-3-7-13-22/h2-7,10-13,20,23-27,31H,8-9,14-19,30H2,1H3/t20?,23-,24?,25?,26?,27-/m0/s1. The quantitative estimate of drug-likeness (QED) is 0.694. The number of amides is 2. The van der Waals surface area contributed by atoms with Gasteiger partial charge < -0.3 is 20.9 Å². The third-order valence-electron chi connectivity index (χ3n) is 8.22. The summed E-state index contributed by atoms with van der Waals surface area (Å²) >= 11 is 0. The Hall–Kier alpha value is -2.70. The van der Waals surface area contributed by atoms with Gasteiger partial charge in [0.1, 0.15) is 6.04 Å². The Morgan fingerprint density at radius 2 is 1.57 bits per heavy atom. The molecule has 186 valence electrons. The number of carbonyl (C=O) groups excluding carboxylic acids is 2. The number of nitrogens with one attached hydrogen (secondary N) is 1. The Morgan fingerprint density at radius 1 is 0.886 bits per heavy atom. The molecule has 6 heteroatoms.